The predicted octanol–water partition coefficient (Wildman–Crippen LogP) is 3.32. The third kappa shape index (κ3) is 3.91. The second-order valence-electron chi connectivity index (χ2n) is 5.64. The van der Waals surface area contributed by atoms with Crippen LogP contribution < -0.4 is 14.8 Å². The minimum atomic E-state index is -3.81. The van der Waals surface area contributed by atoms with E-state index in [0.29, 0.717) is 23.5 Å². The molecule has 0 saturated heterocycles. The van der Waals surface area contributed by atoms with Crippen molar-refractivity contribution in [3.8, 4) is 5.75 Å². The third-order valence-electron chi connectivity index (χ3n) is 3.69. The zero-order chi connectivity index (χ0) is 18.0. The minimum absolute atomic E-state index is 0.0765. The number of benzene rings is 2. The van der Waals surface area contributed by atoms with Gasteiger partial charge in [0.1, 0.15) is 5.75 Å². The summed E-state index contributed by atoms with van der Waals surface area (Å²) in [5.74, 6) is 0.310. The van der Waals surface area contributed by atoms with Gasteiger partial charge in [0.2, 0.25) is 5.91 Å². The molecule has 1 amide bonds. The molecule has 0 aliphatic carbocycles. The molecule has 0 radical (unpaired) electrons. The fourth-order valence-corrected chi connectivity index (χ4v) is 4.68. The molecule has 2 aromatic rings. The van der Waals surface area contributed by atoms with Crippen molar-refractivity contribution < 1.29 is 17.9 Å². The summed E-state index contributed by atoms with van der Waals surface area (Å²) in [5, 5.41) is 2.91. The Kier molecular flexibility index (Phi) is 4.91. The highest BCUT2D eigenvalue weighted by atomic mass is 32.2. The maximum atomic E-state index is 12.7. The molecule has 1 atom stereocenters. The Bertz CT molecular complexity index is 913. The maximum absolute atomic E-state index is 12.7. The van der Waals surface area contributed by atoms with Crippen LogP contribution in [0.15, 0.2) is 52.3 Å². The van der Waals surface area contributed by atoms with Crippen molar-refractivity contribution in [1.82, 2.24) is 0 Å². The number of rotatable bonds is 4. The summed E-state index contributed by atoms with van der Waals surface area (Å²) in [4.78, 5) is 12.8. The Hall–Kier alpha value is -2.19. The Balaban J connectivity index is 1.94. The summed E-state index contributed by atoms with van der Waals surface area (Å²) in [6.45, 7) is 1.97. The Labute approximate surface area is 151 Å². The predicted molar refractivity (Wildman–Crippen MR) is 98.8 cm³/mol. The minimum Gasteiger partial charge on any atom is -0.495 e. The standard InChI is InChI=1S/C17H18N2O4S2/c1-11-9-17(20)18-14-10-12(7-8-16(14)24-11)25(21,22)19-13-5-3-4-6-15(13)23-2/h3-8,10-11,19H,9H2,1-2H3,(H,18,20)/t11-/m1/s1. The molecule has 1 aliphatic heterocycles. The van der Waals surface area contributed by atoms with Gasteiger partial charge in [-0.2, -0.15) is 0 Å². The number of carbonyl (C=O) groups is 1. The van der Waals surface area contributed by atoms with Gasteiger partial charge in [-0.25, -0.2) is 8.42 Å². The number of amides is 1. The lowest BCUT2D eigenvalue weighted by Crippen LogP contribution is -2.15. The van der Waals surface area contributed by atoms with Crippen LogP contribution in [0.25, 0.3) is 0 Å². The summed E-state index contributed by atoms with van der Waals surface area (Å²) < 4.78 is 33.1. The topological polar surface area (TPSA) is 84.5 Å². The van der Waals surface area contributed by atoms with Crippen LogP contribution in [0, 0.1) is 0 Å². The number of carbonyl (C=O) groups excluding carboxylic acids is 1. The summed E-state index contributed by atoms with van der Waals surface area (Å²) in [7, 11) is -2.34. The molecule has 0 unspecified atom stereocenters. The van der Waals surface area contributed by atoms with Gasteiger partial charge < -0.3 is 10.1 Å². The first kappa shape index (κ1) is 17.6. The molecule has 0 aromatic heterocycles. The number of para-hydroxylation sites is 2. The van der Waals surface area contributed by atoms with Crippen molar-refractivity contribution in [2.45, 2.75) is 28.4 Å². The molecule has 2 aromatic carbocycles. The van der Waals surface area contributed by atoms with E-state index in [1.54, 1.807) is 42.1 Å². The van der Waals surface area contributed by atoms with Gasteiger partial charge in [0.15, 0.2) is 0 Å². The lowest BCUT2D eigenvalue weighted by molar-refractivity contribution is -0.116. The van der Waals surface area contributed by atoms with Crippen molar-refractivity contribution in [1.29, 1.82) is 0 Å². The highest BCUT2D eigenvalue weighted by molar-refractivity contribution is 8.00. The van der Waals surface area contributed by atoms with Crippen LogP contribution in [0.1, 0.15) is 13.3 Å². The van der Waals surface area contributed by atoms with Gasteiger partial charge in [0, 0.05) is 16.6 Å². The van der Waals surface area contributed by atoms with E-state index in [1.165, 1.54) is 19.2 Å². The molecule has 8 heteroatoms. The van der Waals surface area contributed by atoms with Crippen LogP contribution >= 0.6 is 11.8 Å². The number of thioether (sulfide) groups is 1. The van der Waals surface area contributed by atoms with Gasteiger partial charge in [-0.3, -0.25) is 9.52 Å². The third-order valence-corrected chi connectivity index (χ3v) is 6.23. The Morgan fingerprint density at radius 1 is 1.24 bits per heavy atom. The number of nitrogens with one attached hydrogen (secondary N) is 2. The van der Waals surface area contributed by atoms with Crippen LogP contribution in [0.4, 0.5) is 11.4 Å². The molecule has 0 saturated carbocycles. The van der Waals surface area contributed by atoms with Crippen molar-refractivity contribution >= 4 is 39.1 Å². The van der Waals surface area contributed by atoms with Gasteiger partial charge in [-0.15, -0.1) is 11.8 Å². The maximum Gasteiger partial charge on any atom is 0.262 e. The average molecular weight is 378 g/mol. The number of sulfonamides is 1. The van der Waals surface area contributed by atoms with Gasteiger partial charge in [-0.1, -0.05) is 19.1 Å². The summed E-state index contributed by atoms with van der Waals surface area (Å²) >= 11 is 1.55. The van der Waals surface area contributed by atoms with E-state index in [4.69, 9.17) is 4.74 Å². The molecule has 1 aliphatic rings. The first-order valence-corrected chi connectivity index (χ1v) is 10.0. The number of ether oxygens (including phenoxy) is 1. The van der Waals surface area contributed by atoms with Gasteiger partial charge in [0.05, 0.1) is 23.4 Å². The van der Waals surface area contributed by atoms with E-state index >= 15 is 0 Å². The van der Waals surface area contributed by atoms with Crippen LogP contribution in [0.3, 0.4) is 0 Å². The van der Waals surface area contributed by atoms with E-state index in [1.807, 2.05) is 6.92 Å². The zero-order valence-corrected chi connectivity index (χ0v) is 15.4. The molecular weight excluding hydrogens is 360 g/mol. The van der Waals surface area contributed by atoms with E-state index < -0.39 is 10.0 Å². The molecule has 2 N–H and O–H groups in total. The molecule has 0 bridgehead atoms. The number of fused-ring (bicyclic) bond motifs is 1. The first-order valence-electron chi connectivity index (χ1n) is 7.65. The molecule has 1 heterocycles. The quantitative estimate of drug-likeness (QED) is 0.853. The monoisotopic (exact) mass is 378 g/mol. The van der Waals surface area contributed by atoms with Crippen molar-refractivity contribution in [3.63, 3.8) is 0 Å². The molecular formula is C17H18N2O4S2. The van der Waals surface area contributed by atoms with Crippen LogP contribution in [0.5, 0.6) is 5.75 Å². The lowest BCUT2D eigenvalue weighted by Gasteiger charge is -2.13. The van der Waals surface area contributed by atoms with Gasteiger partial charge >= 0.3 is 0 Å². The van der Waals surface area contributed by atoms with Crippen LogP contribution in [0.2, 0.25) is 0 Å². The first-order chi connectivity index (χ1) is 11.9. The Morgan fingerprint density at radius 2 is 2.00 bits per heavy atom. The molecule has 6 nitrogen and oxygen atoms in total. The molecule has 25 heavy (non-hydrogen) atoms. The highest BCUT2D eigenvalue weighted by Gasteiger charge is 2.22. The summed E-state index contributed by atoms with van der Waals surface area (Å²) in [5.41, 5.74) is 0.870. The van der Waals surface area contributed by atoms with E-state index in [9.17, 15) is 13.2 Å². The molecule has 3 rings (SSSR count). The SMILES string of the molecule is COc1ccccc1NS(=O)(=O)c1ccc2c(c1)NC(=O)C[C@@H](C)S2. The van der Waals surface area contributed by atoms with E-state index in [2.05, 4.69) is 10.0 Å². The largest absolute Gasteiger partial charge is 0.495 e. The smallest absolute Gasteiger partial charge is 0.262 e. The summed E-state index contributed by atoms with van der Waals surface area (Å²) in [6, 6.07) is 11.5. The van der Waals surface area contributed by atoms with Gasteiger partial charge in [0.25, 0.3) is 10.0 Å². The Morgan fingerprint density at radius 3 is 2.76 bits per heavy atom. The van der Waals surface area contributed by atoms with Crippen molar-refractivity contribution in [2.75, 3.05) is 17.1 Å². The lowest BCUT2D eigenvalue weighted by atomic mass is 10.3. The van der Waals surface area contributed by atoms with Crippen LogP contribution in [-0.4, -0.2) is 26.7 Å². The van der Waals surface area contributed by atoms with E-state index in [0.717, 1.165) is 4.90 Å². The number of anilines is 2. The van der Waals surface area contributed by atoms with Crippen molar-refractivity contribution in [2.24, 2.45) is 0 Å². The fraction of sp³-hybridized carbons (Fsp3) is 0.235. The second kappa shape index (κ2) is 6.97. The molecule has 132 valence electrons. The number of hydrogen-bond donors (Lipinski definition) is 2. The van der Waals surface area contributed by atoms with Gasteiger partial charge in [-0.05, 0) is 30.3 Å². The number of methoxy groups -OCH3 is 1. The molecule has 0 spiro atoms. The normalized spacial score (nSPS) is 17.2. The van der Waals surface area contributed by atoms with Crippen molar-refractivity contribution in [3.05, 3.63) is 42.5 Å². The second-order valence-corrected chi connectivity index (χ2v) is 8.81. The zero-order valence-electron chi connectivity index (χ0n) is 13.8. The fourth-order valence-electron chi connectivity index (χ4n) is 2.53. The molecule has 0 fully saturated rings. The highest BCUT2D eigenvalue weighted by Crippen LogP contribution is 2.36. The summed E-state index contributed by atoms with van der Waals surface area (Å²) in [6.07, 6.45) is 0.390. The average Bonchev–Trinajstić information content (AvgIpc) is 2.70. The number of hydrogen-bond acceptors (Lipinski definition) is 5. The van der Waals surface area contributed by atoms with E-state index in [-0.39, 0.29) is 16.1 Å². The van der Waals surface area contributed by atoms with Crippen LogP contribution in [-0.2, 0) is 14.8 Å².